The molecule has 0 aliphatic carbocycles. The van der Waals surface area contributed by atoms with Gasteiger partial charge in [0.15, 0.2) is 5.82 Å². The van der Waals surface area contributed by atoms with E-state index in [9.17, 15) is 10.2 Å². The van der Waals surface area contributed by atoms with Gasteiger partial charge in [0.1, 0.15) is 5.02 Å². The molecule has 7 heteroatoms. The van der Waals surface area contributed by atoms with E-state index in [1.165, 1.54) is 6.20 Å². The molecule has 0 radical (unpaired) electrons. The van der Waals surface area contributed by atoms with Crippen LogP contribution in [0.3, 0.4) is 0 Å². The van der Waals surface area contributed by atoms with Crippen molar-refractivity contribution in [1.82, 2.24) is 9.97 Å². The summed E-state index contributed by atoms with van der Waals surface area (Å²) in [4.78, 5) is 10.2. The molecular formula is C18H23ClN4O2. The van der Waals surface area contributed by atoms with Crippen molar-refractivity contribution < 1.29 is 10.2 Å². The van der Waals surface area contributed by atoms with Crippen molar-refractivity contribution in [2.45, 2.75) is 31.6 Å². The van der Waals surface area contributed by atoms with E-state index in [2.05, 4.69) is 9.97 Å². The number of nitrogens with zero attached hydrogens (tertiary/aromatic N) is 3. The predicted molar refractivity (Wildman–Crippen MR) is 99.5 cm³/mol. The van der Waals surface area contributed by atoms with Crippen molar-refractivity contribution in [2.24, 2.45) is 0 Å². The molecule has 0 amide bonds. The van der Waals surface area contributed by atoms with E-state index >= 15 is 0 Å². The lowest BCUT2D eigenvalue weighted by Crippen LogP contribution is -2.32. The van der Waals surface area contributed by atoms with Crippen LogP contribution < -0.4 is 10.6 Å². The quantitative estimate of drug-likeness (QED) is 0.772. The molecule has 0 saturated heterocycles. The van der Waals surface area contributed by atoms with Gasteiger partial charge >= 0.3 is 0 Å². The highest BCUT2D eigenvalue weighted by atomic mass is 35.5. The van der Waals surface area contributed by atoms with Crippen molar-refractivity contribution in [3.63, 3.8) is 0 Å². The number of aromatic nitrogens is 2. The van der Waals surface area contributed by atoms with Gasteiger partial charge in [0.25, 0.3) is 0 Å². The Morgan fingerprint density at radius 2 is 2.08 bits per heavy atom. The first-order chi connectivity index (χ1) is 11.7. The van der Waals surface area contributed by atoms with Crippen LogP contribution in [0.4, 0.5) is 17.5 Å². The molecule has 0 spiro atoms. The van der Waals surface area contributed by atoms with Crippen LogP contribution in [0, 0.1) is 0 Å². The predicted octanol–water partition coefficient (Wildman–Crippen LogP) is 2.38. The van der Waals surface area contributed by atoms with Crippen LogP contribution in [-0.4, -0.2) is 39.9 Å². The van der Waals surface area contributed by atoms with Crippen molar-refractivity contribution in [1.29, 1.82) is 0 Å². The fourth-order valence-electron chi connectivity index (χ4n) is 3.18. The van der Waals surface area contributed by atoms with E-state index in [1.54, 1.807) is 0 Å². The van der Waals surface area contributed by atoms with Crippen molar-refractivity contribution >= 4 is 29.1 Å². The summed E-state index contributed by atoms with van der Waals surface area (Å²) in [7, 11) is 0. The highest BCUT2D eigenvalue weighted by Crippen LogP contribution is 2.46. The van der Waals surface area contributed by atoms with Crippen LogP contribution in [0.15, 0.2) is 24.4 Å². The third kappa shape index (κ3) is 2.94. The summed E-state index contributed by atoms with van der Waals surface area (Å²) in [5.41, 5.74) is 7.85. The Morgan fingerprint density at radius 1 is 1.36 bits per heavy atom. The molecule has 3 rings (SSSR count). The molecule has 1 aliphatic rings. The minimum atomic E-state index is -0.444. The summed E-state index contributed by atoms with van der Waals surface area (Å²) in [6.07, 6.45) is 1.48. The number of fused-ring (bicyclic) bond motifs is 1. The first kappa shape index (κ1) is 17.9. The van der Waals surface area contributed by atoms with Crippen LogP contribution >= 0.6 is 11.6 Å². The summed E-state index contributed by atoms with van der Waals surface area (Å²) < 4.78 is 0. The van der Waals surface area contributed by atoms with Gasteiger partial charge in [-0.3, -0.25) is 0 Å². The zero-order valence-electron chi connectivity index (χ0n) is 14.6. The van der Waals surface area contributed by atoms with Crippen molar-refractivity contribution in [3.8, 4) is 0 Å². The van der Waals surface area contributed by atoms with Gasteiger partial charge in [-0.1, -0.05) is 44.5 Å². The van der Waals surface area contributed by atoms with E-state index in [0.29, 0.717) is 17.4 Å². The molecule has 1 aromatic heterocycles. The number of aliphatic hydroxyl groups is 2. The number of hydrogen-bond acceptors (Lipinski definition) is 6. The zero-order valence-corrected chi connectivity index (χ0v) is 15.4. The minimum Gasteiger partial charge on any atom is -0.395 e. The molecule has 0 unspecified atom stereocenters. The standard InChI is InChI=1S/C18H23ClN4O2/c1-17(2,9-24)11-4-5-12-14(6-11)23(8-18(12,3)10-25)15-13(19)7-21-16(20)22-15/h4-7,24-25H,8-10H2,1-3H3,(H2,20,21,22)/t18-/m0/s1. The highest BCUT2D eigenvalue weighted by Gasteiger charge is 2.41. The SMILES string of the molecule is CC(C)(CO)c1ccc2c(c1)N(c1nc(N)ncc1Cl)C[C@@]2(C)CO. The normalized spacial score (nSPS) is 20.0. The second-order valence-corrected chi connectivity index (χ2v) is 7.89. The van der Waals surface area contributed by atoms with Gasteiger partial charge in [0, 0.05) is 23.1 Å². The van der Waals surface area contributed by atoms with Crippen LogP contribution in [0.5, 0.6) is 0 Å². The largest absolute Gasteiger partial charge is 0.395 e. The van der Waals surface area contributed by atoms with E-state index in [1.807, 2.05) is 43.9 Å². The summed E-state index contributed by atoms with van der Waals surface area (Å²) >= 11 is 6.31. The third-order valence-electron chi connectivity index (χ3n) is 4.97. The number of hydrogen-bond donors (Lipinski definition) is 3. The maximum atomic E-state index is 9.98. The van der Waals surface area contributed by atoms with Crippen LogP contribution in [0.25, 0.3) is 0 Å². The van der Waals surface area contributed by atoms with Crippen LogP contribution in [0.2, 0.25) is 5.02 Å². The zero-order chi connectivity index (χ0) is 18.4. The summed E-state index contributed by atoms with van der Waals surface area (Å²) in [6.45, 7) is 6.52. The highest BCUT2D eigenvalue weighted by molar-refractivity contribution is 6.33. The smallest absolute Gasteiger partial charge is 0.222 e. The molecule has 2 aromatic rings. The maximum Gasteiger partial charge on any atom is 0.222 e. The lowest BCUT2D eigenvalue weighted by molar-refractivity contribution is 0.215. The van der Waals surface area contributed by atoms with Crippen molar-refractivity contribution in [3.05, 3.63) is 40.5 Å². The van der Waals surface area contributed by atoms with Gasteiger partial charge in [-0.15, -0.1) is 0 Å². The molecule has 0 saturated carbocycles. The Labute approximate surface area is 152 Å². The number of nitrogen functional groups attached to an aromatic ring is 1. The van der Waals surface area contributed by atoms with Gasteiger partial charge < -0.3 is 20.8 Å². The van der Waals surface area contributed by atoms with Gasteiger partial charge in [0.2, 0.25) is 5.95 Å². The molecule has 0 fully saturated rings. The molecule has 1 atom stereocenters. The molecule has 134 valence electrons. The summed E-state index contributed by atoms with van der Waals surface area (Å²) in [5.74, 6) is 0.664. The number of nitrogens with two attached hydrogens (primary N) is 1. The average molecular weight is 363 g/mol. The van der Waals surface area contributed by atoms with Gasteiger partial charge in [-0.2, -0.15) is 4.98 Å². The number of halogens is 1. The third-order valence-corrected chi connectivity index (χ3v) is 5.24. The number of aliphatic hydroxyl groups excluding tert-OH is 2. The minimum absolute atomic E-state index is 0.00256. The molecule has 6 nitrogen and oxygen atoms in total. The monoisotopic (exact) mass is 362 g/mol. The molecule has 4 N–H and O–H groups in total. The Morgan fingerprint density at radius 3 is 2.72 bits per heavy atom. The summed E-state index contributed by atoms with van der Waals surface area (Å²) in [5, 5.41) is 20.1. The topological polar surface area (TPSA) is 95.5 Å². The molecule has 25 heavy (non-hydrogen) atoms. The molecule has 2 heterocycles. The first-order valence-electron chi connectivity index (χ1n) is 8.14. The van der Waals surface area contributed by atoms with Gasteiger partial charge in [-0.25, -0.2) is 4.98 Å². The Kier molecular flexibility index (Phi) is 4.39. The fraction of sp³-hybridized carbons (Fsp3) is 0.444. The van der Waals surface area contributed by atoms with Gasteiger partial charge in [0.05, 0.1) is 19.4 Å². The molecular weight excluding hydrogens is 340 g/mol. The molecule has 1 aromatic carbocycles. The Bertz CT molecular complexity index is 812. The van der Waals surface area contributed by atoms with Crippen LogP contribution in [0.1, 0.15) is 31.9 Å². The lowest BCUT2D eigenvalue weighted by atomic mass is 9.81. The lowest BCUT2D eigenvalue weighted by Gasteiger charge is -2.25. The van der Waals surface area contributed by atoms with E-state index in [-0.39, 0.29) is 24.6 Å². The fourth-order valence-corrected chi connectivity index (χ4v) is 3.37. The number of rotatable bonds is 4. The number of anilines is 3. The van der Waals surface area contributed by atoms with Crippen LogP contribution in [-0.2, 0) is 10.8 Å². The summed E-state index contributed by atoms with van der Waals surface area (Å²) in [6, 6.07) is 6.04. The average Bonchev–Trinajstić information content (AvgIpc) is 2.90. The number of benzene rings is 1. The second kappa shape index (κ2) is 6.12. The Balaban J connectivity index is 2.19. The molecule has 1 aliphatic heterocycles. The van der Waals surface area contributed by atoms with E-state index in [4.69, 9.17) is 17.3 Å². The Hall–Kier alpha value is -1.89. The maximum absolute atomic E-state index is 9.98. The van der Waals surface area contributed by atoms with Crippen molar-refractivity contribution in [2.75, 3.05) is 30.4 Å². The van der Waals surface area contributed by atoms with E-state index < -0.39 is 5.41 Å². The first-order valence-corrected chi connectivity index (χ1v) is 8.52. The molecule has 0 bridgehead atoms. The second-order valence-electron chi connectivity index (χ2n) is 7.48. The van der Waals surface area contributed by atoms with Gasteiger partial charge in [-0.05, 0) is 17.2 Å². The van der Waals surface area contributed by atoms with E-state index in [0.717, 1.165) is 16.8 Å².